The van der Waals surface area contributed by atoms with Crippen LogP contribution in [0.3, 0.4) is 0 Å². The smallest absolute Gasteiger partial charge is 0.238 e. The van der Waals surface area contributed by atoms with Gasteiger partial charge < -0.3 is 11.1 Å². The summed E-state index contributed by atoms with van der Waals surface area (Å²) in [7, 11) is 0. The first-order valence-electron chi connectivity index (χ1n) is 5.72. The predicted molar refractivity (Wildman–Crippen MR) is 65.1 cm³/mol. The van der Waals surface area contributed by atoms with Gasteiger partial charge in [-0.2, -0.15) is 0 Å². The minimum Gasteiger partial charge on any atom is -0.397 e. The molecule has 4 nitrogen and oxygen atoms in total. The highest BCUT2D eigenvalue weighted by Crippen LogP contribution is 2.19. The van der Waals surface area contributed by atoms with Crippen LogP contribution in [0.4, 0.5) is 15.8 Å². The fourth-order valence-corrected chi connectivity index (χ4v) is 1.97. The van der Waals surface area contributed by atoms with Gasteiger partial charge in [0.2, 0.25) is 5.91 Å². The second kappa shape index (κ2) is 5.14. The molecule has 1 fully saturated rings. The Morgan fingerprint density at radius 3 is 2.82 bits per heavy atom. The summed E-state index contributed by atoms with van der Waals surface area (Å²) in [5, 5.41) is 2.63. The fourth-order valence-electron chi connectivity index (χ4n) is 1.97. The van der Waals surface area contributed by atoms with Crippen LogP contribution in [0.15, 0.2) is 18.2 Å². The van der Waals surface area contributed by atoms with E-state index in [1.54, 1.807) is 0 Å². The number of nitrogens with two attached hydrogens (primary N) is 1. The topological polar surface area (TPSA) is 58.4 Å². The number of hydrogen-bond donors (Lipinski definition) is 2. The van der Waals surface area contributed by atoms with E-state index in [1.165, 1.54) is 18.2 Å². The lowest BCUT2D eigenvalue weighted by Crippen LogP contribution is -2.31. The molecule has 1 aromatic carbocycles. The Balaban J connectivity index is 1.95. The molecule has 1 heterocycles. The van der Waals surface area contributed by atoms with E-state index >= 15 is 0 Å². The lowest BCUT2D eigenvalue weighted by Gasteiger charge is -2.14. The third kappa shape index (κ3) is 3.17. The van der Waals surface area contributed by atoms with Gasteiger partial charge >= 0.3 is 0 Å². The van der Waals surface area contributed by atoms with E-state index in [4.69, 9.17) is 5.73 Å². The van der Waals surface area contributed by atoms with Gasteiger partial charge in [0.05, 0.1) is 17.9 Å². The summed E-state index contributed by atoms with van der Waals surface area (Å²) in [6.45, 7) is 2.24. The third-order valence-corrected chi connectivity index (χ3v) is 2.86. The van der Waals surface area contributed by atoms with Crippen molar-refractivity contribution >= 4 is 17.3 Å². The molecule has 17 heavy (non-hydrogen) atoms. The summed E-state index contributed by atoms with van der Waals surface area (Å²) in [5.74, 6) is -0.556. The summed E-state index contributed by atoms with van der Waals surface area (Å²) >= 11 is 0. The Labute approximate surface area is 99.6 Å². The molecule has 1 aliphatic rings. The first-order chi connectivity index (χ1) is 8.15. The normalized spacial score (nSPS) is 16.1. The number of halogens is 1. The van der Waals surface area contributed by atoms with Gasteiger partial charge in [0.1, 0.15) is 5.82 Å². The lowest BCUT2D eigenvalue weighted by molar-refractivity contribution is -0.117. The van der Waals surface area contributed by atoms with E-state index in [-0.39, 0.29) is 5.91 Å². The van der Waals surface area contributed by atoms with Gasteiger partial charge in [-0.15, -0.1) is 0 Å². The molecular formula is C12H16FN3O. The minimum atomic E-state index is -0.407. The van der Waals surface area contributed by atoms with Crippen molar-refractivity contribution in [3.63, 3.8) is 0 Å². The number of nitrogens with one attached hydrogen (secondary N) is 1. The first-order valence-corrected chi connectivity index (χ1v) is 5.72. The molecule has 3 N–H and O–H groups in total. The van der Waals surface area contributed by atoms with Gasteiger partial charge in [-0.25, -0.2) is 4.39 Å². The number of hydrogen-bond acceptors (Lipinski definition) is 3. The zero-order valence-corrected chi connectivity index (χ0v) is 9.58. The molecule has 0 saturated carbocycles. The maximum absolute atomic E-state index is 13.0. The Morgan fingerprint density at radius 2 is 2.12 bits per heavy atom. The number of likely N-dealkylation sites (tertiary alicyclic amines) is 1. The molecule has 2 rings (SSSR count). The molecule has 0 spiro atoms. The van der Waals surface area contributed by atoms with Crippen LogP contribution < -0.4 is 11.1 Å². The molecule has 1 amide bonds. The van der Waals surface area contributed by atoms with Crippen molar-refractivity contribution in [2.75, 3.05) is 30.7 Å². The van der Waals surface area contributed by atoms with Crippen LogP contribution in [0, 0.1) is 5.82 Å². The van der Waals surface area contributed by atoms with E-state index in [0.717, 1.165) is 25.9 Å². The maximum atomic E-state index is 13.0. The lowest BCUT2D eigenvalue weighted by atomic mass is 10.2. The summed E-state index contributed by atoms with van der Waals surface area (Å²) < 4.78 is 13.0. The van der Waals surface area contributed by atoms with Crippen molar-refractivity contribution < 1.29 is 9.18 Å². The van der Waals surface area contributed by atoms with Crippen molar-refractivity contribution in [2.24, 2.45) is 0 Å². The third-order valence-electron chi connectivity index (χ3n) is 2.86. The number of nitrogen functional groups attached to an aromatic ring is 1. The number of benzene rings is 1. The SMILES string of the molecule is Nc1ccc(F)cc1NC(=O)CN1CCCC1. The molecule has 0 aromatic heterocycles. The van der Waals surface area contributed by atoms with Crippen LogP contribution in [0.25, 0.3) is 0 Å². The van der Waals surface area contributed by atoms with Crippen molar-refractivity contribution in [3.8, 4) is 0 Å². The van der Waals surface area contributed by atoms with E-state index in [2.05, 4.69) is 10.2 Å². The summed E-state index contributed by atoms with van der Waals surface area (Å²) in [6.07, 6.45) is 2.27. The van der Waals surface area contributed by atoms with Crippen molar-refractivity contribution in [1.82, 2.24) is 4.90 Å². The summed E-state index contributed by atoms with van der Waals surface area (Å²) in [6, 6.07) is 3.95. The van der Waals surface area contributed by atoms with E-state index in [0.29, 0.717) is 17.9 Å². The van der Waals surface area contributed by atoms with Crippen LogP contribution >= 0.6 is 0 Å². The largest absolute Gasteiger partial charge is 0.397 e. The standard InChI is InChI=1S/C12H16FN3O/c13-9-3-4-10(14)11(7-9)15-12(17)8-16-5-1-2-6-16/h3-4,7H,1-2,5-6,8,14H2,(H,15,17). The predicted octanol–water partition coefficient (Wildman–Crippen LogP) is 1.44. The quantitative estimate of drug-likeness (QED) is 0.782. The number of rotatable bonds is 3. The fraction of sp³-hybridized carbons (Fsp3) is 0.417. The van der Waals surface area contributed by atoms with Gasteiger partial charge in [-0.1, -0.05) is 0 Å². The van der Waals surface area contributed by atoms with Crippen molar-refractivity contribution in [2.45, 2.75) is 12.8 Å². The molecule has 92 valence electrons. The Bertz CT molecular complexity index is 416. The van der Waals surface area contributed by atoms with Gasteiger partial charge in [0, 0.05) is 0 Å². The zero-order chi connectivity index (χ0) is 12.3. The number of carbonyl (C=O) groups is 1. The van der Waals surface area contributed by atoms with Crippen LogP contribution in [0.2, 0.25) is 0 Å². The van der Waals surface area contributed by atoms with Crippen molar-refractivity contribution in [3.05, 3.63) is 24.0 Å². The van der Waals surface area contributed by atoms with Gasteiger partial charge in [0.15, 0.2) is 0 Å². The Morgan fingerprint density at radius 1 is 1.41 bits per heavy atom. The molecule has 1 aromatic rings. The highest BCUT2D eigenvalue weighted by Gasteiger charge is 2.15. The van der Waals surface area contributed by atoms with Gasteiger partial charge in [0.25, 0.3) is 0 Å². The van der Waals surface area contributed by atoms with Crippen LogP contribution in [-0.2, 0) is 4.79 Å². The maximum Gasteiger partial charge on any atom is 0.238 e. The van der Waals surface area contributed by atoms with Crippen molar-refractivity contribution in [1.29, 1.82) is 0 Å². The van der Waals surface area contributed by atoms with Crippen LogP contribution in [-0.4, -0.2) is 30.4 Å². The van der Waals surface area contributed by atoms with E-state index < -0.39 is 5.82 Å². The second-order valence-corrected chi connectivity index (χ2v) is 4.26. The average Bonchev–Trinajstić information content (AvgIpc) is 2.76. The van der Waals surface area contributed by atoms with Crippen LogP contribution in [0.5, 0.6) is 0 Å². The molecule has 0 unspecified atom stereocenters. The molecule has 0 radical (unpaired) electrons. The van der Waals surface area contributed by atoms with E-state index in [1.807, 2.05) is 0 Å². The first kappa shape index (κ1) is 11.9. The molecule has 1 aliphatic heterocycles. The number of carbonyl (C=O) groups excluding carboxylic acids is 1. The van der Waals surface area contributed by atoms with E-state index in [9.17, 15) is 9.18 Å². The molecule has 5 heteroatoms. The highest BCUT2D eigenvalue weighted by atomic mass is 19.1. The minimum absolute atomic E-state index is 0.149. The van der Waals surface area contributed by atoms with Gasteiger partial charge in [-0.05, 0) is 44.1 Å². The molecular weight excluding hydrogens is 221 g/mol. The number of amides is 1. The summed E-state index contributed by atoms with van der Waals surface area (Å²) in [5.41, 5.74) is 6.37. The zero-order valence-electron chi connectivity index (χ0n) is 9.58. The molecule has 1 saturated heterocycles. The molecule has 0 atom stereocenters. The monoisotopic (exact) mass is 237 g/mol. The Kier molecular flexibility index (Phi) is 3.58. The Hall–Kier alpha value is -1.62. The second-order valence-electron chi connectivity index (χ2n) is 4.26. The summed E-state index contributed by atoms with van der Waals surface area (Å²) in [4.78, 5) is 13.8. The molecule has 0 aliphatic carbocycles. The average molecular weight is 237 g/mol. The number of anilines is 2. The van der Waals surface area contributed by atoms with Gasteiger partial charge in [-0.3, -0.25) is 9.69 Å². The number of nitrogens with zero attached hydrogens (tertiary/aromatic N) is 1. The molecule has 0 bridgehead atoms. The highest BCUT2D eigenvalue weighted by molar-refractivity contribution is 5.95. The van der Waals surface area contributed by atoms with Crippen LogP contribution in [0.1, 0.15) is 12.8 Å².